The van der Waals surface area contributed by atoms with Gasteiger partial charge in [-0.3, -0.25) is 4.90 Å². The third-order valence-corrected chi connectivity index (χ3v) is 3.28. The topological polar surface area (TPSA) is 24.5 Å². The summed E-state index contributed by atoms with van der Waals surface area (Å²) in [5, 5.41) is 3.32. The maximum absolute atomic E-state index is 5.81. The molecule has 84 valence electrons. The number of rotatable bonds is 3. The molecule has 0 radical (unpaired) electrons. The lowest BCUT2D eigenvalue weighted by Gasteiger charge is -2.42. The summed E-state index contributed by atoms with van der Waals surface area (Å²) in [7, 11) is 2.00. The molecule has 1 atom stereocenters. The van der Waals surface area contributed by atoms with Gasteiger partial charge in [-0.2, -0.15) is 0 Å². The van der Waals surface area contributed by atoms with Crippen LogP contribution in [0.25, 0.3) is 0 Å². The Morgan fingerprint density at radius 3 is 2.57 bits per heavy atom. The zero-order valence-electron chi connectivity index (χ0n) is 10.1. The zero-order chi connectivity index (χ0) is 10.8. The molecule has 1 fully saturated rings. The number of morpholine rings is 1. The van der Waals surface area contributed by atoms with Crippen molar-refractivity contribution in [3.8, 4) is 0 Å². The van der Waals surface area contributed by atoms with Crippen molar-refractivity contribution in [3.05, 3.63) is 0 Å². The highest BCUT2D eigenvalue weighted by atomic mass is 16.5. The fraction of sp³-hybridized carbons (Fsp3) is 1.00. The summed E-state index contributed by atoms with van der Waals surface area (Å²) >= 11 is 0. The molecule has 0 aromatic rings. The van der Waals surface area contributed by atoms with Crippen molar-refractivity contribution in [2.75, 3.05) is 26.7 Å². The second-order valence-electron chi connectivity index (χ2n) is 4.92. The second kappa shape index (κ2) is 4.60. The van der Waals surface area contributed by atoms with E-state index in [1.54, 1.807) is 0 Å². The first-order valence-electron chi connectivity index (χ1n) is 5.52. The van der Waals surface area contributed by atoms with Gasteiger partial charge in [-0.1, -0.05) is 0 Å². The van der Waals surface area contributed by atoms with Crippen LogP contribution in [0.4, 0.5) is 0 Å². The molecule has 1 rings (SSSR count). The van der Waals surface area contributed by atoms with E-state index in [-0.39, 0.29) is 5.54 Å². The predicted molar refractivity (Wildman–Crippen MR) is 59.6 cm³/mol. The Kier molecular flexibility index (Phi) is 3.93. The van der Waals surface area contributed by atoms with Crippen LogP contribution in [-0.2, 0) is 4.74 Å². The molecule has 0 spiro atoms. The van der Waals surface area contributed by atoms with Gasteiger partial charge in [0.2, 0.25) is 0 Å². The standard InChI is InChI=1S/C11H24N2O/c1-9(2)13-6-7-14-10(8-13)11(3,4)12-5/h9-10,12H,6-8H2,1-5H3. The Morgan fingerprint density at radius 2 is 2.07 bits per heavy atom. The molecule has 0 aromatic heterocycles. The van der Waals surface area contributed by atoms with Gasteiger partial charge in [0.25, 0.3) is 0 Å². The van der Waals surface area contributed by atoms with Crippen molar-refractivity contribution in [2.24, 2.45) is 0 Å². The van der Waals surface area contributed by atoms with E-state index in [2.05, 4.69) is 37.9 Å². The average Bonchev–Trinajstić information content (AvgIpc) is 2.18. The zero-order valence-corrected chi connectivity index (χ0v) is 10.1. The van der Waals surface area contributed by atoms with Crippen LogP contribution in [0.15, 0.2) is 0 Å². The summed E-state index contributed by atoms with van der Waals surface area (Å²) in [6.07, 6.45) is 0.295. The molecule has 1 N–H and O–H groups in total. The molecule has 0 saturated carbocycles. The summed E-state index contributed by atoms with van der Waals surface area (Å²) < 4.78 is 5.81. The molecule has 1 unspecified atom stereocenters. The third kappa shape index (κ3) is 2.69. The van der Waals surface area contributed by atoms with Crippen LogP contribution in [0, 0.1) is 0 Å². The molecule has 0 aromatic carbocycles. The maximum atomic E-state index is 5.81. The minimum Gasteiger partial charge on any atom is -0.374 e. The Balaban J connectivity index is 2.56. The summed E-state index contributed by atoms with van der Waals surface area (Å²) in [6.45, 7) is 11.8. The molecule has 1 aliphatic rings. The van der Waals surface area contributed by atoms with Crippen molar-refractivity contribution in [2.45, 2.75) is 45.4 Å². The van der Waals surface area contributed by atoms with Gasteiger partial charge in [0.15, 0.2) is 0 Å². The first-order valence-corrected chi connectivity index (χ1v) is 5.52. The van der Waals surface area contributed by atoms with E-state index < -0.39 is 0 Å². The lowest BCUT2D eigenvalue weighted by molar-refractivity contribution is -0.0737. The average molecular weight is 200 g/mol. The summed E-state index contributed by atoms with van der Waals surface area (Å²) in [6, 6.07) is 0.619. The van der Waals surface area contributed by atoms with Crippen LogP contribution in [-0.4, -0.2) is 49.3 Å². The molecule has 1 saturated heterocycles. The predicted octanol–water partition coefficient (Wildman–Crippen LogP) is 1.09. The monoisotopic (exact) mass is 200 g/mol. The molecule has 3 heteroatoms. The van der Waals surface area contributed by atoms with Crippen molar-refractivity contribution < 1.29 is 4.74 Å². The molecular formula is C11H24N2O. The minimum absolute atomic E-state index is 0.0631. The number of nitrogens with one attached hydrogen (secondary N) is 1. The van der Waals surface area contributed by atoms with Gasteiger partial charge in [-0.05, 0) is 34.7 Å². The molecule has 1 aliphatic heterocycles. The van der Waals surface area contributed by atoms with Crippen molar-refractivity contribution in [1.29, 1.82) is 0 Å². The first kappa shape index (κ1) is 12.0. The highest BCUT2D eigenvalue weighted by Gasteiger charge is 2.33. The molecular weight excluding hydrogens is 176 g/mol. The van der Waals surface area contributed by atoms with Crippen LogP contribution in [0.2, 0.25) is 0 Å². The third-order valence-electron chi connectivity index (χ3n) is 3.28. The molecule has 14 heavy (non-hydrogen) atoms. The number of hydrogen-bond donors (Lipinski definition) is 1. The highest BCUT2D eigenvalue weighted by molar-refractivity contribution is 4.90. The molecule has 0 aliphatic carbocycles. The SMILES string of the molecule is CNC(C)(C)C1CN(C(C)C)CCO1. The largest absolute Gasteiger partial charge is 0.374 e. The number of likely N-dealkylation sites (N-methyl/N-ethyl adjacent to an activating group) is 1. The highest BCUT2D eigenvalue weighted by Crippen LogP contribution is 2.18. The minimum atomic E-state index is 0.0631. The van der Waals surface area contributed by atoms with E-state index in [4.69, 9.17) is 4.74 Å². The summed E-state index contributed by atoms with van der Waals surface area (Å²) in [5.74, 6) is 0. The van der Waals surface area contributed by atoms with E-state index in [0.717, 1.165) is 19.7 Å². The number of ether oxygens (including phenoxy) is 1. The Bertz CT molecular complexity index is 180. The molecule has 0 amide bonds. The van der Waals surface area contributed by atoms with E-state index in [0.29, 0.717) is 12.1 Å². The lowest BCUT2D eigenvalue weighted by atomic mass is 9.95. The number of hydrogen-bond acceptors (Lipinski definition) is 3. The van der Waals surface area contributed by atoms with Crippen LogP contribution in [0.1, 0.15) is 27.7 Å². The quantitative estimate of drug-likeness (QED) is 0.738. The molecule has 1 heterocycles. The lowest BCUT2D eigenvalue weighted by Crippen LogP contribution is -2.58. The van der Waals surface area contributed by atoms with E-state index in [9.17, 15) is 0 Å². The van der Waals surface area contributed by atoms with Crippen LogP contribution in [0.3, 0.4) is 0 Å². The molecule has 0 bridgehead atoms. The fourth-order valence-corrected chi connectivity index (χ4v) is 1.74. The van der Waals surface area contributed by atoms with Crippen LogP contribution < -0.4 is 5.32 Å². The van der Waals surface area contributed by atoms with Crippen LogP contribution >= 0.6 is 0 Å². The van der Waals surface area contributed by atoms with Crippen molar-refractivity contribution in [1.82, 2.24) is 10.2 Å². The Hall–Kier alpha value is -0.120. The van der Waals surface area contributed by atoms with E-state index in [1.165, 1.54) is 0 Å². The Labute approximate surface area is 87.8 Å². The van der Waals surface area contributed by atoms with Gasteiger partial charge in [0, 0.05) is 24.7 Å². The summed E-state index contributed by atoms with van der Waals surface area (Å²) in [5.41, 5.74) is 0.0631. The van der Waals surface area contributed by atoms with Crippen molar-refractivity contribution in [3.63, 3.8) is 0 Å². The van der Waals surface area contributed by atoms with Gasteiger partial charge in [0.05, 0.1) is 12.7 Å². The van der Waals surface area contributed by atoms with Crippen molar-refractivity contribution >= 4 is 0 Å². The van der Waals surface area contributed by atoms with Gasteiger partial charge < -0.3 is 10.1 Å². The first-order chi connectivity index (χ1) is 6.47. The van der Waals surface area contributed by atoms with Gasteiger partial charge in [0.1, 0.15) is 0 Å². The fourth-order valence-electron chi connectivity index (χ4n) is 1.74. The second-order valence-corrected chi connectivity index (χ2v) is 4.92. The number of nitrogens with zero attached hydrogens (tertiary/aromatic N) is 1. The maximum Gasteiger partial charge on any atom is 0.0878 e. The van der Waals surface area contributed by atoms with E-state index >= 15 is 0 Å². The molecule has 3 nitrogen and oxygen atoms in total. The smallest absolute Gasteiger partial charge is 0.0878 e. The van der Waals surface area contributed by atoms with Gasteiger partial charge >= 0.3 is 0 Å². The Morgan fingerprint density at radius 1 is 1.43 bits per heavy atom. The van der Waals surface area contributed by atoms with Gasteiger partial charge in [-0.25, -0.2) is 0 Å². The van der Waals surface area contributed by atoms with Crippen LogP contribution in [0.5, 0.6) is 0 Å². The van der Waals surface area contributed by atoms with E-state index in [1.807, 2.05) is 7.05 Å². The summed E-state index contributed by atoms with van der Waals surface area (Å²) in [4.78, 5) is 2.48. The normalized spacial score (nSPS) is 25.7. The van der Waals surface area contributed by atoms with Gasteiger partial charge in [-0.15, -0.1) is 0 Å².